The van der Waals surface area contributed by atoms with Crippen LogP contribution in [0.1, 0.15) is 18.4 Å². The van der Waals surface area contributed by atoms with E-state index in [0.717, 1.165) is 11.3 Å². The Morgan fingerprint density at radius 2 is 2.04 bits per heavy atom. The summed E-state index contributed by atoms with van der Waals surface area (Å²) in [6.07, 6.45) is 3.00. The van der Waals surface area contributed by atoms with Crippen LogP contribution in [-0.4, -0.2) is 34.9 Å². The lowest BCUT2D eigenvalue weighted by atomic mass is 9.96. The van der Waals surface area contributed by atoms with Crippen LogP contribution in [0.25, 0.3) is 0 Å². The van der Waals surface area contributed by atoms with Crippen molar-refractivity contribution in [1.82, 2.24) is 9.88 Å². The van der Waals surface area contributed by atoms with Crippen LogP contribution in [0.15, 0.2) is 35.8 Å². The quantitative estimate of drug-likeness (QED) is 0.897. The van der Waals surface area contributed by atoms with Gasteiger partial charge in [0.2, 0.25) is 5.91 Å². The highest BCUT2D eigenvalue weighted by molar-refractivity contribution is 7.13. The van der Waals surface area contributed by atoms with Crippen LogP contribution in [0, 0.1) is 12.8 Å². The number of anilines is 2. The maximum absolute atomic E-state index is 12.3. The summed E-state index contributed by atoms with van der Waals surface area (Å²) in [4.78, 5) is 30.3. The number of thiazole rings is 1. The SMILES string of the molecule is Cc1cccc(NC(=O)N2CCC(C(=O)Nc3nccs3)CC2)c1. The molecule has 2 heterocycles. The number of urea groups is 1. The van der Waals surface area contributed by atoms with Crippen LogP contribution in [0.2, 0.25) is 0 Å². The number of carbonyl (C=O) groups is 2. The van der Waals surface area contributed by atoms with Crippen molar-refractivity contribution in [1.29, 1.82) is 0 Å². The second-order valence-corrected chi connectivity index (χ2v) is 6.78. The topological polar surface area (TPSA) is 74.3 Å². The maximum atomic E-state index is 12.3. The van der Waals surface area contributed by atoms with Crippen molar-refractivity contribution in [2.45, 2.75) is 19.8 Å². The molecule has 3 rings (SSSR count). The van der Waals surface area contributed by atoms with E-state index in [1.54, 1.807) is 11.1 Å². The highest BCUT2D eigenvalue weighted by Gasteiger charge is 2.27. The van der Waals surface area contributed by atoms with Crippen molar-refractivity contribution in [3.63, 3.8) is 0 Å². The highest BCUT2D eigenvalue weighted by Crippen LogP contribution is 2.21. The first kappa shape index (κ1) is 16.4. The second kappa shape index (κ2) is 7.44. The first-order chi connectivity index (χ1) is 11.6. The Morgan fingerprint density at radius 1 is 1.25 bits per heavy atom. The average molecular weight is 344 g/mol. The molecule has 126 valence electrons. The van der Waals surface area contributed by atoms with E-state index in [1.807, 2.05) is 36.6 Å². The predicted molar refractivity (Wildman–Crippen MR) is 95.2 cm³/mol. The van der Waals surface area contributed by atoms with Crippen LogP contribution in [0.5, 0.6) is 0 Å². The van der Waals surface area contributed by atoms with Gasteiger partial charge < -0.3 is 15.5 Å². The van der Waals surface area contributed by atoms with Gasteiger partial charge in [0.1, 0.15) is 0 Å². The average Bonchev–Trinajstić information content (AvgIpc) is 3.08. The molecule has 1 fully saturated rings. The summed E-state index contributed by atoms with van der Waals surface area (Å²) in [5.41, 5.74) is 1.90. The molecule has 1 aromatic heterocycles. The molecule has 0 spiro atoms. The summed E-state index contributed by atoms with van der Waals surface area (Å²) in [5, 5.41) is 8.19. The number of amides is 3. The van der Waals surface area contributed by atoms with E-state index < -0.39 is 0 Å². The summed E-state index contributed by atoms with van der Waals surface area (Å²) in [7, 11) is 0. The van der Waals surface area contributed by atoms with Crippen molar-refractivity contribution in [2.75, 3.05) is 23.7 Å². The Hall–Kier alpha value is -2.41. The van der Waals surface area contributed by atoms with Crippen LogP contribution >= 0.6 is 11.3 Å². The first-order valence-electron chi connectivity index (χ1n) is 7.95. The zero-order valence-corrected chi connectivity index (χ0v) is 14.3. The van der Waals surface area contributed by atoms with E-state index >= 15 is 0 Å². The van der Waals surface area contributed by atoms with Gasteiger partial charge in [0, 0.05) is 36.3 Å². The molecule has 3 amide bonds. The third kappa shape index (κ3) is 4.11. The first-order valence-corrected chi connectivity index (χ1v) is 8.83. The third-order valence-electron chi connectivity index (χ3n) is 4.08. The normalized spacial score (nSPS) is 15.1. The minimum Gasteiger partial charge on any atom is -0.324 e. The summed E-state index contributed by atoms with van der Waals surface area (Å²) in [6, 6.07) is 7.60. The van der Waals surface area contributed by atoms with Gasteiger partial charge in [-0.25, -0.2) is 9.78 Å². The molecule has 0 radical (unpaired) electrons. The van der Waals surface area contributed by atoms with Gasteiger partial charge in [-0.3, -0.25) is 4.79 Å². The molecule has 0 saturated carbocycles. The number of nitrogens with zero attached hydrogens (tertiary/aromatic N) is 2. The smallest absolute Gasteiger partial charge is 0.321 e. The lowest BCUT2D eigenvalue weighted by molar-refractivity contribution is -0.121. The number of likely N-dealkylation sites (tertiary alicyclic amines) is 1. The lowest BCUT2D eigenvalue weighted by Gasteiger charge is -2.31. The molecule has 1 aliphatic heterocycles. The van der Waals surface area contributed by atoms with Gasteiger partial charge in [-0.2, -0.15) is 0 Å². The van der Waals surface area contributed by atoms with Gasteiger partial charge in [0.05, 0.1) is 0 Å². The molecule has 0 unspecified atom stereocenters. The summed E-state index contributed by atoms with van der Waals surface area (Å²) in [5.74, 6) is -0.0828. The fraction of sp³-hybridized carbons (Fsp3) is 0.353. The van der Waals surface area contributed by atoms with Gasteiger partial charge in [-0.1, -0.05) is 12.1 Å². The summed E-state index contributed by atoms with van der Waals surface area (Å²) < 4.78 is 0. The van der Waals surface area contributed by atoms with E-state index in [-0.39, 0.29) is 17.9 Å². The van der Waals surface area contributed by atoms with E-state index in [2.05, 4.69) is 15.6 Å². The Morgan fingerprint density at radius 3 is 2.71 bits per heavy atom. The minimum absolute atomic E-state index is 0.0105. The Labute approximate surface area is 144 Å². The minimum atomic E-state index is -0.112. The number of piperidine rings is 1. The van der Waals surface area contributed by atoms with Gasteiger partial charge in [0.25, 0.3) is 0 Å². The molecule has 1 saturated heterocycles. The molecule has 0 bridgehead atoms. The molecule has 0 atom stereocenters. The Kier molecular flexibility index (Phi) is 5.10. The maximum Gasteiger partial charge on any atom is 0.321 e. The molecule has 6 nitrogen and oxygen atoms in total. The van der Waals surface area contributed by atoms with Gasteiger partial charge in [-0.05, 0) is 37.5 Å². The largest absolute Gasteiger partial charge is 0.324 e. The number of hydrogen-bond acceptors (Lipinski definition) is 4. The van der Waals surface area contributed by atoms with Crippen LogP contribution < -0.4 is 10.6 Å². The molecular formula is C17H20N4O2S. The van der Waals surface area contributed by atoms with Crippen molar-refractivity contribution >= 4 is 34.1 Å². The fourth-order valence-corrected chi connectivity index (χ4v) is 3.29. The molecule has 2 N–H and O–H groups in total. The number of rotatable bonds is 3. The third-order valence-corrected chi connectivity index (χ3v) is 4.77. The van der Waals surface area contributed by atoms with Gasteiger partial charge in [0.15, 0.2) is 5.13 Å². The van der Waals surface area contributed by atoms with Crippen molar-refractivity contribution < 1.29 is 9.59 Å². The van der Waals surface area contributed by atoms with Crippen LogP contribution in [0.4, 0.5) is 15.6 Å². The molecular weight excluding hydrogens is 324 g/mol. The van der Waals surface area contributed by atoms with E-state index in [0.29, 0.717) is 31.1 Å². The summed E-state index contributed by atoms with van der Waals surface area (Å²) >= 11 is 1.41. The van der Waals surface area contributed by atoms with Crippen LogP contribution in [-0.2, 0) is 4.79 Å². The number of hydrogen-bond donors (Lipinski definition) is 2. The van der Waals surface area contributed by atoms with Crippen molar-refractivity contribution in [3.05, 3.63) is 41.4 Å². The standard InChI is InChI=1S/C17H20N4O2S/c1-12-3-2-4-14(11-12)19-17(23)21-8-5-13(6-9-21)15(22)20-16-18-7-10-24-16/h2-4,7,10-11,13H,5-6,8-9H2,1H3,(H,19,23)(H,18,20,22). The molecule has 7 heteroatoms. The zero-order chi connectivity index (χ0) is 16.9. The number of benzene rings is 1. The van der Waals surface area contributed by atoms with Crippen LogP contribution in [0.3, 0.4) is 0 Å². The second-order valence-electron chi connectivity index (χ2n) is 5.89. The van der Waals surface area contributed by atoms with Gasteiger partial charge >= 0.3 is 6.03 Å². The molecule has 1 aromatic carbocycles. The van der Waals surface area contributed by atoms with E-state index in [9.17, 15) is 9.59 Å². The number of carbonyl (C=O) groups excluding carboxylic acids is 2. The van der Waals surface area contributed by atoms with Crippen molar-refractivity contribution in [2.24, 2.45) is 5.92 Å². The Bertz CT molecular complexity index is 709. The fourth-order valence-electron chi connectivity index (χ4n) is 2.76. The molecule has 0 aliphatic carbocycles. The lowest BCUT2D eigenvalue weighted by Crippen LogP contribution is -2.43. The zero-order valence-electron chi connectivity index (χ0n) is 13.5. The van der Waals surface area contributed by atoms with E-state index in [4.69, 9.17) is 0 Å². The molecule has 1 aliphatic rings. The number of aromatic nitrogens is 1. The predicted octanol–water partition coefficient (Wildman–Crippen LogP) is 3.33. The highest BCUT2D eigenvalue weighted by atomic mass is 32.1. The Balaban J connectivity index is 1.49. The van der Waals surface area contributed by atoms with Crippen molar-refractivity contribution in [3.8, 4) is 0 Å². The molecule has 2 aromatic rings. The monoisotopic (exact) mass is 344 g/mol. The summed E-state index contributed by atoms with van der Waals surface area (Å²) in [6.45, 7) is 3.14. The van der Waals surface area contributed by atoms with Gasteiger partial charge in [-0.15, -0.1) is 11.3 Å². The number of nitrogens with one attached hydrogen (secondary N) is 2. The van der Waals surface area contributed by atoms with E-state index in [1.165, 1.54) is 11.3 Å². The molecule has 24 heavy (non-hydrogen) atoms. The number of aryl methyl sites for hydroxylation is 1.